The summed E-state index contributed by atoms with van der Waals surface area (Å²) in [6.07, 6.45) is 2.62. The second kappa shape index (κ2) is 4.86. The van der Waals surface area contributed by atoms with Gasteiger partial charge in [0.1, 0.15) is 0 Å². The van der Waals surface area contributed by atoms with Crippen LogP contribution in [0.4, 0.5) is 0 Å². The third-order valence-electron chi connectivity index (χ3n) is 3.00. The highest BCUT2D eigenvalue weighted by atomic mass is 79.9. The first-order valence-corrected chi connectivity index (χ1v) is 6.55. The van der Waals surface area contributed by atoms with Crippen LogP contribution in [0.5, 0.6) is 0 Å². The molecule has 1 aromatic carbocycles. The fourth-order valence-corrected chi connectivity index (χ4v) is 2.30. The zero-order chi connectivity index (χ0) is 10.8. The molecular weight excluding hydrogens is 273 g/mol. The minimum absolute atomic E-state index is 0.734. The van der Waals surface area contributed by atoms with Crippen molar-refractivity contribution in [2.24, 2.45) is 5.92 Å². The van der Waals surface area contributed by atoms with E-state index < -0.39 is 0 Å². The topological polar surface area (TPSA) is 12.0 Å². The molecule has 15 heavy (non-hydrogen) atoms. The molecule has 1 aromatic rings. The van der Waals surface area contributed by atoms with E-state index in [1.165, 1.54) is 18.4 Å². The van der Waals surface area contributed by atoms with Crippen LogP contribution in [0.1, 0.15) is 25.3 Å². The minimum atomic E-state index is 0.734. The molecule has 2 rings (SSSR count). The van der Waals surface area contributed by atoms with Gasteiger partial charge in [0, 0.05) is 17.1 Å². The summed E-state index contributed by atoms with van der Waals surface area (Å²) in [7, 11) is 0. The number of benzene rings is 1. The van der Waals surface area contributed by atoms with E-state index in [4.69, 9.17) is 11.6 Å². The van der Waals surface area contributed by atoms with Crippen molar-refractivity contribution in [2.45, 2.75) is 32.4 Å². The van der Waals surface area contributed by atoms with E-state index in [9.17, 15) is 0 Å². The number of rotatable bonds is 4. The van der Waals surface area contributed by atoms with Crippen molar-refractivity contribution in [3.8, 4) is 0 Å². The predicted octanol–water partition coefficient (Wildman–Crippen LogP) is 3.99. The molecule has 1 N–H and O–H groups in total. The summed E-state index contributed by atoms with van der Waals surface area (Å²) in [5, 5.41) is 4.34. The first kappa shape index (κ1) is 11.4. The molecule has 0 saturated heterocycles. The second-order valence-electron chi connectivity index (χ2n) is 4.14. The van der Waals surface area contributed by atoms with Crippen molar-refractivity contribution in [3.05, 3.63) is 33.3 Å². The summed E-state index contributed by atoms with van der Waals surface area (Å²) in [4.78, 5) is 0. The van der Waals surface area contributed by atoms with E-state index in [0.29, 0.717) is 0 Å². The van der Waals surface area contributed by atoms with E-state index in [2.05, 4.69) is 34.2 Å². The SMILES string of the molecule is CCC1CC1NCc1ccc(Br)c(Cl)c1. The van der Waals surface area contributed by atoms with Gasteiger partial charge in [-0.15, -0.1) is 0 Å². The minimum Gasteiger partial charge on any atom is -0.310 e. The van der Waals surface area contributed by atoms with Gasteiger partial charge in [0.05, 0.1) is 5.02 Å². The third kappa shape index (κ3) is 2.96. The van der Waals surface area contributed by atoms with E-state index in [0.717, 1.165) is 28.0 Å². The first-order valence-electron chi connectivity index (χ1n) is 5.38. The van der Waals surface area contributed by atoms with Crippen molar-refractivity contribution in [3.63, 3.8) is 0 Å². The lowest BCUT2D eigenvalue weighted by Gasteiger charge is -2.05. The second-order valence-corrected chi connectivity index (χ2v) is 5.40. The molecule has 2 unspecified atom stereocenters. The maximum atomic E-state index is 6.03. The molecule has 0 heterocycles. The van der Waals surface area contributed by atoms with Gasteiger partial charge in [-0.1, -0.05) is 31.0 Å². The van der Waals surface area contributed by atoms with Crippen LogP contribution in [0.15, 0.2) is 22.7 Å². The summed E-state index contributed by atoms with van der Waals surface area (Å²) in [6.45, 7) is 3.18. The van der Waals surface area contributed by atoms with E-state index in [1.54, 1.807) is 0 Å². The Hall–Kier alpha value is -0.0500. The fourth-order valence-electron chi connectivity index (χ4n) is 1.85. The van der Waals surface area contributed by atoms with Crippen molar-refractivity contribution in [1.29, 1.82) is 0 Å². The van der Waals surface area contributed by atoms with Crippen LogP contribution in [-0.4, -0.2) is 6.04 Å². The normalized spacial score (nSPS) is 24.2. The van der Waals surface area contributed by atoms with Gasteiger partial charge in [-0.05, 0) is 46.0 Å². The molecule has 1 nitrogen and oxygen atoms in total. The molecule has 0 spiro atoms. The lowest BCUT2D eigenvalue weighted by Crippen LogP contribution is -2.17. The lowest BCUT2D eigenvalue weighted by atomic mass is 10.2. The Bertz CT molecular complexity index is 353. The number of nitrogens with one attached hydrogen (secondary N) is 1. The highest BCUT2D eigenvalue weighted by molar-refractivity contribution is 9.10. The Balaban J connectivity index is 1.86. The largest absolute Gasteiger partial charge is 0.310 e. The maximum Gasteiger partial charge on any atom is 0.0551 e. The summed E-state index contributed by atoms with van der Waals surface area (Å²) < 4.78 is 0.964. The van der Waals surface area contributed by atoms with Crippen LogP contribution in [0.25, 0.3) is 0 Å². The Morgan fingerprint density at radius 1 is 1.53 bits per heavy atom. The smallest absolute Gasteiger partial charge is 0.0551 e. The summed E-state index contributed by atoms with van der Waals surface area (Å²) in [5.74, 6) is 0.899. The molecule has 0 bridgehead atoms. The van der Waals surface area contributed by atoms with Crippen molar-refractivity contribution in [2.75, 3.05) is 0 Å². The van der Waals surface area contributed by atoms with Crippen molar-refractivity contribution < 1.29 is 0 Å². The molecule has 0 amide bonds. The Labute approximate surface area is 104 Å². The van der Waals surface area contributed by atoms with Gasteiger partial charge in [-0.25, -0.2) is 0 Å². The molecule has 0 radical (unpaired) electrons. The van der Waals surface area contributed by atoms with Gasteiger partial charge in [-0.3, -0.25) is 0 Å². The zero-order valence-corrected chi connectivity index (χ0v) is 11.1. The van der Waals surface area contributed by atoms with Gasteiger partial charge in [0.25, 0.3) is 0 Å². The van der Waals surface area contributed by atoms with Gasteiger partial charge >= 0.3 is 0 Å². The highest BCUT2D eigenvalue weighted by Crippen LogP contribution is 2.33. The fraction of sp³-hybridized carbons (Fsp3) is 0.500. The van der Waals surface area contributed by atoms with E-state index in [-0.39, 0.29) is 0 Å². The zero-order valence-electron chi connectivity index (χ0n) is 8.76. The van der Waals surface area contributed by atoms with E-state index in [1.807, 2.05) is 12.1 Å². The molecule has 3 heteroatoms. The Morgan fingerprint density at radius 2 is 2.33 bits per heavy atom. The molecule has 1 saturated carbocycles. The van der Waals surface area contributed by atoms with Crippen LogP contribution < -0.4 is 5.32 Å². The molecule has 0 aliphatic heterocycles. The molecule has 1 fully saturated rings. The molecule has 1 aliphatic rings. The summed E-state index contributed by atoms with van der Waals surface area (Å²) in [6, 6.07) is 6.86. The van der Waals surface area contributed by atoms with E-state index >= 15 is 0 Å². The quantitative estimate of drug-likeness (QED) is 0.883. The summed E-state index contributed by atoms with van der Waals surface area (Å²) >= 11 is 9.42. The molecule has 82 valence electrons. The van der Waals surface area contributed by atoms with Gasteiger partial charge in [0.15, 0.2) is 0 Å². The Kier molecular flexibility index (Phi) is 3.70. The average Bonchev–Trinajstić information content (AvgIpc) is 2.98. The predicted molar refractivity (Wildman–Crippen MR) is 68.2 cm³/mol. The molecular formula is C12H15BrClN. The lowest BCUT2D eigenvalue weighted by molar-refractivity contribution is 0.623. The maximum absolute atomic E-state index is 6.03. The standard InChI is InChI=1S/C12H15BrClN/c1-2-9-6-12(9)15-7-8-3-4-10(13)11(14)5-8/h3-5,9,12,15H,2,6-7H2,1H3. The van der Waals surface area contributed by atoms with Crippen molar-refractivity contribution in [1.82, 2.24) is 5.32 Å². The number of halogens is 2. The van der Waals surface area contributed by atoms with Gasteiger partial charge < -0.3 is 5.32 Å². The van der Waals surface area contributed by atoms with Crippen molar-refractivity contribution >= 4 is 27.5 Å². The number of hydrogen-bond acceptors (Lipinski definition) is 1. The van der Waals surface area contributed by atoms with Gasteiger partial charge in [0.2, 0.25) is 0 Å². The van der Waals surface area contributed by atoms with Gasteiger partial charge in [-0.2, -0.15) is 0 Å². The molecule has 2 atom stereocenters. The summed E-state index contributed by atoms with van der Waals surface area (Å²) in [5.41, 5.74) is 1.25. The highest BCUT2D eigenvalue weighted by Gasteiger charge is 2.34. The van der Waals surface area contributed by atoms with Crippen LogP contribution in [0.2, 0.25) is 5.02 Å². The van der Waals surface area contributed by atoms with Crippen LogP contribution in [-0.2, 0) is 6.54 Å². The molecule has 0 aromatic heterocycles. The van der Waals surface area contributed by atoms with Crippen LogP contribution in [0, 0.1) is 5.92 Å². The van der Waals surface area contributed by atoms with Crippen LogP contribution in [0.3, 0.4) is 0 Å². The van der Waals surface area contributed by atoms with Crippen LogP contribution >= 0.6 is 27.5 Å². The first-order chi connectivity index (χ1) is 7.20. The Morgan fingerprint density at radius 3 is 2.93 bits per heavy atom. The number of hydrogen-bond donors (Lipinski definition) is 1. The average molecular weight is 289 g/mol. The monoisotopic (exact) mass is 287 g/mol. The molecule has 1 aliphatic carbocycles. The third-order valence-corrected chi connectivity index (χ3v) is 4.23.